The van der Waals surface area contributed by atoms with Gasteiger partial charge >= 0.3 is 0 Å². The number of ketones is 1. The van der Waals surface area contributed by atoms with E-state index in [0.717, 1.165) is 5.56 Å². The van der Waals surface area contributed by atoms with Gasteiger partial charge in [-0.15, -0.1) is 0 Å². The summed E-state index contributed by atoms with van der Waals surface area (Å²) in [5.41, 5.74) is 0.586. The average molecular weight is 250 g/mol. The van der Waals surface area contributed by atoms with Crippen LogP contribution in [0.3, 0.4) is 0 Å². The lowest BCUT2D eigenvalue weighted by molar-refractivity contribution is 0.103. The minimum absolute atomic E-state index is 0.236. The third kappa shape index (κ3) is 2.27. The van der Waals surface area contributed by atoms with Gasteiger partial charge in [0.05, 0.1) is 5.56 Å². The highest BCUT2D eigenvalue weighted by molar-refractivity contribution is 6.09. The van der Waals surface area contributed by atoms with Gasteiger partial charge in [0.25, 0.3) is 0 Å². The number of aryl methyl sites for hydroxylation is 1. The zero-order valence-corrected chi connectivity index (χ0v) is 9.51. The third-order valence-corrected chi connectivity index (χ3v) is 2.53. The molecule has 2 aromatic carbocycles. The monoisotopic (exact) mass is 250 g/mol. The number of carbonyl (C=O) groups is 1. The van der Waals surface area contributed by atoms with E-state index >= 15 is 0 Å². The standard InChI is InChI=1S/C14H9F3O/c1-8-3-2-4-9(5-8)14(18)10-6-12(16)13(17)7-11(10)15/h2-7H,1H3. The molecule has 18 heavy (non-hydrogen) atoms. The number of hydrogen-bond acceptors (Lipinski definition) is 1. The van der Waals surface area contributed by atoms with E-state index in [1.165, 1.54) is 6.07 Å². The van der Waals surface area contributed by atoms with Crippen LogP contribution in [0, 0.1) is 24.4 Å². The Bertz CT molecular complexity index is 620. The highest BCUT2D eigenvalue weighted by atomic mass is 19.2. The highest BCUT2D eigenvalue weighted by Crippen LogP contribution is 2.18. The van der Waals surface area contributed by atoms with Gasteiger partial charge in [-0.3, -0.25) is 4.79 Å². The fraction of sp³-hybridized carbons (Fsp3) is 0.0714. The van der Waals surface area contributed by atoms with Crippen molar-refractivity contribution < 1.29 is 18.0 Å². The van der Waals surface area contributed by atoms with Crippen molar-refractivity contribution in [2.75, 3.05) is 0 Å². The van der Waals surface area contributed by atoms with Crippen molar-refractivity contribution >= 4 is 5.78 Å². The Kier molecular flexibility index (Phi) is 3.19. The molecule has 0 unspecified atom stereocenters. The lowest BCUT2D eigenvalue weighted by atomic mass is 10.0. The maximum Gasteiger partial charge on any atom is 0.196 e. The van der Waals surface area contributed by atoms with E-state index in [2.05, 4.69) is 0 Å². The van der Waals surface area contributed by atoms with E-state index in [1.807, 2.05) is 0 Å². The molecule has 0 amide bonds. The van der Waals surface area contributed by atoms with Crippen molar-refractivity contribution in [1.82, 2.24) is 0 Å². The Morgan fingerprint density at radius 3 is 2.28 bits per heavy atom. The Hall–Kier alpha value is -2.10. The topological polar surface area (TPSA) is 17.1 Å². The lowest BCUT2D eigenvalue weighted by Gasteiger charge is -2.04. The van der Waals surface area contributed by atoms with Crippen LogP contribution in [0.5, 0.6) is 0 Å². The zero-order valence-electron chi connectivity index (χ0n) is 9.51. The number of hydrogen-bond donors (Lipinski definition) is 0. The molecule has 0 bridgehead atoms. The summed E-state index contributed by atoms with van der Waals surface area (Å²) in [5.74, 6) is -4.30. The van der Waals surface area contributed by atoms with Crippen LogP contribution in [0.25, 0.3) is 0 Å². The summed E-state index contributed by atoms with van der Waals surface area (Å²) in [6, 6.07) is 7.42. The quantitative estimate of drug-likeness (QED) is 0.587. The number of halogens is 3. The molecule has 0 aliphatic heterocycles. The molecule has 0 radical (unpaired) electrons. The van der Waals surface area contributed by atoms with Crippen molar-refractivity contribution in [2.24, 2.45) is 0 Å². The largest absolute Gasteiger partial charge is 0.288 e. The Morgan fingerprint density at radius 1 is 0.944 bits per heavy atom. The van der Waals surface area contributed by atoms with Crippen LogP contribution < -0.4 is 0 Å². The summed E-state index contributed by atoms with van der Waals surface area (Å²) < 4.78 is 39.2. The Balaban J connectivity index is 2.49. The van der Waals surface area contributed by atoms with Gasteiger partial charge in [-0.05, 0) is 19.1 Å². The highest BCUT2D eigenvalue weighted by Gasteiger charge is 2.17. The Morgan fingerprint density at radius 2 is 1.61 bits per heavy atom. The maximum atomic E-state index is 13.4. The summed E-state index contributed by atoms with van der Waals surface area (Å²) in [4.78, 5) is 12.0. The molecule has 0 aliphatic carbocycles. The van der Waals surface area contributed by atoms with Gasteiger partial charge in [-0.2, -0.15) is 0 Å². The molecule has 0 aromatic heterocycles. The van der Waals surface area contributed by atoms with Crippen LogP contribution in [0.15, 0.2) is 36.4 Å². The van der Waals surface area contributed by atoms with Gasteiger partial charge in [-0.1, -0.05) is 23.8 Å². The van der Waals surface area contributed by atoms with Crippen molar-refractivity contribution in [3.63, 3.8) is 0 Å². The van der Waals surface area contributed by atoms with Gasteiger partial charge in [0.2, 0.25) is 0 Å². The molecule has 0 atom stereocenters. The van der Waals surface area contributed by atoms with Crippen LogP contribution in [0.2, 0.25) is 0 Å². The predicted molar refractivity (Wildman–Crippen MR) is 60.9 cm³/mol. The first-order chi connectivity index (χ1) is 8.49. The maximum absolute atomic E-state index is 13.4. The van der Waals surface area contributed by atoms with Crippen LogP contribution in [0.4, 0.5) is 13.2 Å². The fourth-order valence-electron chi connectivity index (χ4n) is 1.64. The first-order valence-electron chi connectivity index (χ1n) is 5.25. The second kappa shape index (κ2) is 4.64. The summed E-state index contributed by atoms with van der Waals surface area (Å²) in [7, 11) is 0. The lowest BCUT2D eigenvalue weighted by Crippen LogP contribution is -2.06. The van der Waals surface area contributed by atoms with Crippen molar-refractivity contribution in [3.05, 3.63) is 70.5 Å². The summed E-state index contributed by atoms with van der Waals surface area (Å²) >= 11 is 0. The fourth-order valence-corrected chi connectivity index (χ4v) is 1.64. The van der Waals surface area contributed by atoms with Gasteiger partial charge in [-0.25, -0.2) is 13.2 Å². The van der Waals surface area contributed by atoms with Gasteiger partial charge in [0.1, 0.15) is 5.82 Å². The van der Waals surface area contributed by atoms with Crippen LogP contribution >= 0.6 is 0 Å². The molecule has 0 N–H and O–H groups in total. The first kappa shape index (κ1) is 12.4. The van der Waals surface area contributed by atoms with Crippen LogP contribution in [0.1, 0.15) is 21.5 Å². The second-order valence-electron chi connectivity index (χ2n) is 3.94. The molecule has 1 nitrogen and oxygen atoms in total. The molecule has 92 valence electrons. The number of benzene rings is 2. The van der Waals surface area contributed by atoms with Crippen molar-refractivity contribution in [3.8, 4) is 0 Å². The van der Waals surface area contributed by atoms with Crippen LogP contribution in [-0.2, 0) is 0 Å². The van der Waals surface area contributed by atoms with Gasteiger partial charge < -0.3 is 0 Å². The summed E-state index contributed by atoms with van der Waals surface area (Å²) in [6.45, 7) is 1.78. The molecule has 4 heteroatoms. The minimum Gasteiger partial charge on any atom is -0.288 e. The van der Waals surface area contributed by atoms with E-state index in [0.29, 0.717) is 12.1 Å². The van der Waals surface area contributed by atoms with Gasteiger partial charge in [0.15, 0.2) is 17.4 Å². The summed E-state index contributed by atoms with van der Waals surface area (Å²) in [5, 5.41) is 0. The molecule has 0 aliphatic rings. The van der Waals surface area contributed by atoms with Crippen molar-refractivity contribution in [2.45, 2.75) is 6.92 Å². The number of carbonyl (C=O) groups excluding carboxylic acids is 1. The predicted octanol–water partition coefficient (Wildman–Crippen LogP) is 3.64. The molecule has 2 rings (SSSR count). The third-order valence-electron chi connectivity index (χ3n) is 2.53. The minimum atomic E-state index is -1.31. The molecule has 0 fully saturated rings. The van der Waals surface area contributed by atoms with E-state index in [4.69, 9.17) is 0 Å². The zero-order chi connectivity index (χ0) is 13.3. The van der Waals surface area contributed by atoms with Crippen LogP contribution in [-0.4, -0.2) is 5.78 Å². The first-order valence-corrected chi connectivity index (χ1v) is 5.25. The SMILES string of the molecule is Cc1cccc(C(=O)c2cc(F)c(F)cc2F)c1. The molecular weight excluding hydrogens is 241 g/mol. The smallest absolute Gasteiger partial charge is 0.196 e. The average Bonchev–Trinajstić information content (AvgIpc) is 2.33. The second-order valence-corrected chi connectivity index (χ2v) is 3.94. The summed E-state index contributed by atoms with van der Waals surface area (Å²) in [6.07, 6.45) is 0. The van der Waals surface area contributed by atoms with E-state index in [9.17, 15) is 18.0 Å². The van der Waals surface area contributed by atoms with E-state index in [-0.39, 0.29) is 5.56 Å². The molecule has 0 saturated heterocycles. The molecule has 2 aromatic rings. The normalized spacial score (nSPS) is 10.4. The number of rotatable bonds is 2. The molecule has 0 spiro atoms. The van der Waals surface area contributed by atoms with E-state index in [1.54, 1.807) is 25.1 Å². The van der Waals surface area contributed by atoms with Gasteiger partial charge in [0, 0.05) is 11.6 Å². The van der Waals surface area contributed by atoms with Crippen molar-refractivity contribution in [1.29, 1.82) is 0 Å². The molecule has 0 heterocycles. The molecule has 0 saturated carbocycles. The Labute approximate surface area is 102 Å². The molecular formula is C14H9F3O. The van der Waals surface area contributed by atoms with E-state index < -0.39 is 28.8 Å².